The van der Waals surface area contributed by atoms with E-state index in [1.54, 1.807) is 0 Å². The highest BCUT2D eigenvalue weighted by atomic mass is 16.3. The minimum absolute atomic E-state index is 0.167. The van der Waals surface area contributed by atoms with Crippen molar-refractivity contribution >= 4 is 5.78 Å². The van der Waals surface area contributed by atoms with Gasteiger partial charge in [-0.05, 0) is 88.0 Å². The number of aliphatic hydroxyl groups is 1. The molecule has 2 nitrogen and oxygen atoms in total. The van der Waals surface area contributed by atoms with Crippen LogP contribution in [0.1, 0.15) is 71.6 Å². The topological polar surface area (TPSA) is 37.3 Å². The normalized spacial score (nSPS) is 50.9. The maximum absolute atomic E-state index is 11.7. The summed E-state index contributed by atoms with van der Waals surface area (Å²) in [5.74, 6) is 3.32. The minimum atomic E-state index is -0.462. The van der Waals surface area contributed by atoms with E-state index in [1.165, 1.54) is 31.3 Å². The second kappa shape index (κ2) is 4.93. The molecular formula is C20H30O2. The molecule has 2 heteroatoms. The number of ketones is 1. The van der Waals surface area contributed by atoms with Gasteiger partial charge >= 0.3 is 0 Å². The Morgan fingerprint density at radius 1 is 1.14 bits per heavy atom. The van der Waals surface area contributed by atoms with Crippen LogP contribution in [-0.2, 0) is 4.79 Å². The van der Waals surface area contributed by atoms with Crippen molar-refractivity contribution in [1.29, 1.82) is 0 Å². The van der Waals surface area contributed by atoms with E-state index in [0.29, 0.717) is 17.6 Å². The summed E-state index contributed by atoms with van der Waals surface area (Å²) in [5.41, 5.74) is 1.17. The third kappa shape index (κ3) is 1.85. The Balaban J connectivity index is 1.66. The predicted octanol–water partition coefficient (Wildman–Crippen LogP) is 4.27. The molecule has 4 aliphatic rings. The van der Waals surface area contributed by atoms with Crippen LogP contribution in [0.4, 0.5) is 0 Å². The Morgan fingerprint density at radius 2 is 1.95 bits per heavy atom. The summed E-state index contributed by atoms with van der Waals surface area (Å²) in [5, 5.41) is 11.0. The molecule has 3 fully saturated rings. The van der Waals surface area contributed by atoms with Crippen LogP contribution < -0.4 is 0 Å². The first-order valence-electron chi connectivity index (χ1n) is 9.44. The van der Waals surface area contributed by atoms with Gasteiger partial charge in [-0.1, -0.05) is 12.5 Å². The molecule has 0 saturated heterocycles. The zero-order chi connectivity index (χ0) is 15.5. The number of carbonyl (C=O) groups is 1. The average molecular weight is 302 g/mol. The zero-order valence-electron chi connectivity index (χ0n) is 14.1. The molecule has 6 atom stereocenters. The molecular weight excluding hydrogens is 272 g/mol. The second-order valence-electron chi connectivity index (χ2n) is 8.66. The largest absolute Gasteiger partial charge is 0.390 e. The number of hydrogen-bond donors (Lipinski definition) is 1. The number of carbonyl (C=O) groups excluding carboxylic acids is 1. The lowest BCUT2D eigenvalue weighted by Crippen LogP contribution is -2.52. The average Bonchev–Trinajstić information content (AvgIpc) is 2.78. The summed E-state index contributed by atoms with van der Waals surface area (Å²) in [6.45, 7) is 4.39. The number of fused-ring (bicyclic) bond motifs is 5. The Hall–Kier alpha value is -0.630. The van der Waals surface area contributed by atoms with Crippen LogP contribution in [-0.4, -0.2) is 16.5 Å². The monoisotopic (exact) mass is 302 g/mol. The summed E-state index contributed by atoms with van der Waals surface area (Å²) in [7, 11) is 0. The molecule has 0 bridgehead atoms. The Bertz CT molecular complexity index is 518. The van der Waals surface area contributed by atoms with Crippen LogP contribution in [0.3, 0.4) is 0 Å². The van der Waals surface area contributed by atoms with Crippen molar-refractivity contribution in [2.75, 3.05) is 0 Å². The molecule has 3 saturated carbocycles. The summed E-state index contributed by atoms with van der Waals surface area (Å²) in [6, 6.07) is 0. The molecule has 0 aromatic heterocycles. The van der Waals surface area contributed by atoms with Gasteiger partial charge in [0.1, 0.15) is 0 Å². The highest BCUT2D eigenvalue weighted by Crippen LogP contribution is 2.66. The van der Waals surface area contributed by atoms with E-state index in [2.05, 4.69) is 13.8 Å². The van der Waals surface area contributed by atoms with Gasteiger partial charge in [0, 0.05) is 11.8 Å². The lowest BCUT2D eigenvalue weighted by molar-refractivity contribution is -0.123. The van der Waals surface area contributed by atoms with E-state index in [9.17, 15) is 9.90 Å². The van der Waals surface area contributed by atoms with Gasteiger partial charge in [-0.2, -0.15) is 0 Å². The van der Waals surface area contributed by atoms with Gasteiger partial charge < -0.3 is 5.11 Å². The van der Waals surface area contributed by atoms with Crippen LogP contribution in [0, 0.1) is 29.1 Å². The van der Waals surface area contributed by atoms with Crippen LogP contribution in [0.2, 0.25) is 0 Å². The lowest BCUT2D eigenvalue weighted by atomic mass is 9.49. The number of rotatable bonds is 1. The smallest absolute Gasteiger partial charge is 0.155 e. The SMILES string of the molecule is CCC12CCC3C(CCC4=CC(=O)CC[C@@H]43)C1CC[C@]2(C)O. The van der Waals surface area contributed by atoms with Crippen molar-refractivity contribution in [2.24, 2.45) is 29.1 Å². The molecule has 0 amide bonds. The second-order valence-corrected chi connectivity index (χ2v) is 8.66. The molecule has 0 heterocycles. The molecule has 0 radical (unpaired) electrons. The van der Waals surface area contributed by atoms with Gasteiger partial charge in [-0.3, -0.25) is 4.79 Å². The van der Waals surface area contributed by atoms with E-state index in [-0.39, 0.29) is 5.41 Å². The Morgan fingerprint density at radius 3 is 2.73 bits per heavy atom. The molecule has 122 valence electrons. The summed E-state index contributed by atoms with van der Waals surface area (Å²) in [6.07, 6.45) is 12.0. The quantitative estimate of drug-likeness (QED) is 0.785. The summed E-state index contributed by atoms with van der Waals surface area (Å²) in [4.78, 5) is 11.7. The summed E-state index contributed by atoms with van der Waals surface area (Å²) < 4.78 is 0. The molecule has 4 unspecified atom stereocenters. The van der Waals surface area contributed by atoms with Crippen molar-refractivity contribution < 1.29 is 9.90 Å². The van der Waals surface area contributed by atoms with Crippen molar-refractivity contribution in [3.63, 3.8) is 0 Å². The van der Waals surface area contributed by atoms with E-state index in [1.807, 2.05) is 6.08 Å². The van der Waals surface area contributed by atoms with Crippen molar-refractivity contribution in [3.05, 3.63) is 11.6 Å². The Kier molecular flexibility index (Phi) is 3.35. The fraction of sp³-hybridized carbons (Fsp3) is 0.850. The van der Waals surface area contributed by atoms with Gasteiger partial charge in [0.05, 0.1) is 5.60 Å². The molecule has 0 aromatic rings. The fourth-order valence-corrected chi connectivity index (χ4v) is 7.06. The fourth-order valence-electron chi connectivity index (χ4n) is 7.06. The van der Waals surface area contributed by atoms with Gasteiger partial charge in [-0.25, -0.2) is 0 Å². The third-order valence-corrected chi connectivity index (χ3v) is 8.15. The van der Waals surface area contributed by atoms with Gasteiger partial charge in [0.25, 0.3) is 0 Å². The highest BCUT2D eigenvalue weighted by Gasteiger charge is 2.61. The van der Waals surface area contributed by atoms with Gasteiger partial charge in [0.15, 0.2) is 5.78 Å². The van der Waals surface area contributed by atoms with Crippen LogP contribution >= 0.6 is 0 Å². The molecule has 0 aromatic carbocycles. The molecule has 0 aliphatic heterocycles. The van der Waals surface area contributed by atoms with Gasteiger partial charge in [0.2, 0.25) is 0 Å². The van der Waals surface area contributed by atoms with E-state index in [0.717, 1.165) is 43.9 Å². The maximum Gasteiger partial charge on any atom is 0.155 e. The summed E-state index contributed by atoms with van der Waals surface area (Å²) >= 11 is 0. The van der Waals surface area contributed by atoms with Crippen molar-refractivity contribution in [2.45, 2.75) is 77.2 Å². The van der Waals surface area contributed by atoms with Gasteiger partial charge in [-0.15, -0.1) is 0 Å². The zero-order valence-corrected chi connectivity index (χ0v) is 14.1. The van der Waals surface area contributed by atoms with Crippen molar-refractivity contribution in [1.82, 2.24) is 0 Å². The standard InChI is InChI=1S/C20H30O2/c1-3-20-11-8-16-15-7-5-14(21)12-13(15)4-6-17(16)18(20)9-10-19(20,2)22/h12,15-18,22H,3-11H2,1-2H3/t15-,16?,17?,18?,19-,20?/m0/s1. The molecule has 1 N–H and O–H groups in total. The molecule has 0 spiro atoms. The van der Waals surface area contributed by atoms with E-state index in [4.69, 9.17) is 0 Å². The maximum atomic E-state index is 11.7. The van der Waals surface area contributed by atoms with Crippen molar-refractivity contribution in [3.8, 4) is 0 Å². The highest BCUT2D eigenvalue weighted by molar-refractivity contribution is 5.91. The predicted molar refractivity (Wildman–Crippen MR) is 87.3 cm³/mol. The lowest BCUT2D eigenvalue weighted by Gasteiger charge is -2.56. The van der Waals surface area contributed by atoms with Crippen LogP contribution in [0.5, 0.6) is 0 Å². The van der Waals surface area contributed by atoms with E-state index < -0.39 is 5.60 Å². The van der Waals surface area contributed by atoms with E-state index >= 15 is 0 Å². The first-order chi connectivity index (χ1) is 10.5. The number of hydrogen-bond acceptors (Lipinski definition) is 2. The Labute approximate surface area is 134 Å². The third-order valence-electron chi connectivity index (χ3n) is 8.15. The number of allylic oxidation sites excluding steroid dienone is 1. The minimum Gasteiger partial charge on any atom is -0.390 e. The first-order valence-corrected chi connectivity index (χ1v) is 9.44. The van der Waals surface area contributed by atoms with Crippen LogP contribution in [0.15, 0.2) is 11.6 Å². The first kappa shape index (κ1) is 14.9. The molecule has 4 rings (SSSR count). The van der Waals surface area contributed by atoms with Crippen LogP contribution in [0.25, 0.3) is 0 Å². The molecule has 4 aliphatic carbocycles. The molecule has 22 heavy (non-hydrogen) atoms.